The van der Waals surface area contributed by atoms with Crippen molar-refractivity contribution < 1.29 is 29.6 Å². The summed E-state index contributed by atoms with van der Waals surface area (Å²) in [4.78, 5) is 25.7. The standard InChI is InChI=1S/2C29H48O3.C5H11N/c1-19(2)12-9-13-20(3)14-10-15-21(4)16-11-17-29(8)18-25(30)26-24(7)27(31)22(5)23(6)28(26)32-29;1-19(2)12-9-13-20(3)14-10-15-21(4)16-11-17-22(5)18-26(30)27-25(8)28(31)23(6)24(7)29(27)32;1-5-3-2-4-6-5/h19-21,31H,9-18H2,1-8H3;18-21,31-32H,9-17H2,1-8H3;5-6H,2-4H2,1H3/b;22-18+;/t20?,21?,29-;;5-/m1.1/s1. The van der Waals surface area contributed by atoms with Gasteiger partial charge >= 0.3 is 0 Å². The number of ether oxygens (including phenoxy) is 1. The molecule has 1 saturated heterocycles. The number of hydrogen-bond acceptors (Lipinski definition) is 7. The SMILES string of the molecule is C/C(=C\C(=O)c1c(C)c(O)c(C)c(C)c1O)CCCC(C)CCCC(C)CCCC(C)C.C[C@@H]1CCCN1.Cc1c(C)c2c(c(C)c1O)C(=O)C[C@@](C)(CCCC(C)CCCC(C)CCCC(C)C)O2. The lowest BCUT2D eigenvalue weighted by Gasteiger charge is -2.37. The smallest absolute Gasteiger partial charge is 0.189 e. The predicted octanol–water partition coefficient (Wildman–Crippen LogP) is 17.8. The zero-order chi connectivity index (χ0) is 52.9. The van der Waals surface area contributed by atoms with Crippen molar-refractivity contribution in [3.63, 3.8) is 0 Å². The van der Waals surface area contributed by atoms with Crippen LogP contribution in [0.2, 0.25) is 0 Å². The number of carbonyl (C=O) groups is 2. The molecule has 6 atom stereocenters. The lowest BCUT2D eigenvalue weighted by Crippen LogP contribution is -2.40. The summed E-state index contributed by atoms with van der Waals surface area (Å²) < 4.78 is 6.45. The fourth-order valence-corrected chi connectivity index (χ4v) is 10.6. The Hall–Kier alpha value is -3.32. The highest BCUT2D eigenvalue weighted by molar-refractivity contribution is 6.08. The number of ketones is 2. The lowest BCUT2D eigenvalue weighted by atomic mass is 9.83. The van der Waals surface area contributed by atoms with Crippen molar-refractivity contribution in [2.75, 3.05) is 6.54 Å². The van der Waals surface area contributed by atoms with Gasteiger partial charge in [-0.1, -0.05) is 151 Å². The van der Waals surface area contributed by atoms with Crippen molar-refractivity contribution in [3.8, 4) is 23.0 Å². The van der Waals surface area contributed by atoms with Crippen LogP contribution in [0.1, 0.15) is 265 Å². The van der Waals surface area contributed by atoms with Gasteiger partial charge in [0.1, 0.15) is 28.6 Å². The average molecular weight is 975 g/mol. The average Bonchev–Trinajstić information content (AvgIpc) is 3.76. The van der Waals surface area contributed by atoms with Crippen LogP contribution in [0.4, 0.5) is 0 Å². The molecule has 0 saturated carbocycles. The van der Waals surface area contributed by atoms with E-state index in [-0.39, 0.29) is 34.4 Å². The summed E-state index contributed by atoms with van der Waals surface area (Å²) >= 11 is 0. The molecule has 0 amide bonds. The molecule has 2 heterocycles. The van der Waals surface area contributed by atoms with Crippen molar-refractivity contribution in [3.05, 3.63) is 56.2 Å². The molecule has 2 aromatic carbocycles. The molecule has 0 aliphatic carbocycles. The number of aromatic hydroxyl groups is 3. The first-order valence-corrected chi connectivity index (χ1v) is 28.3. The fraction of sp³-hybridized carbons (Fsp3) is 0.746. The third kappa shape index (κ3) is 21.4. The molecule has 0 spiro atoms. The number of fused-ring (bicyclic) bond motifs is 1. The normalized spacial score (nSPS) is 18.6. The Labute approximate surface area is 430 Å². The van der Waals surface area contributed by atoms with Crippen molar-refractivity contribution in [2.45, 2.75) is 264 Å². The van der Waals surface area contributed by atoms with Crippen LogP contribution in [0.25, 0.3) is 0 Å². The first kappa shape index (κ1) is 62.8. The van der Waals surface area contributed by atoms with Crippen LogP contribution in [0.3, 0.4) is 0 Å². The summed E-state index contributed by atoms with van der Waals surface area (Å²) in [6.07, 6.45) is 27.1. The molecule has 2 aromatic rings. The second-order valence-electron chi connectivity index (χ2n) is 24.1. The zero-order valence-electron chi connectivity index (χ0n) is 48.2. The van der Waals surface area contributed by atoms with Crippen LogP contribution in [-0.2, 0) is 0 Å². The second kappa shape index (κ2) is 31.3. The van der Waals surface area contributed by atoms with E-state index in [0.717, 1.165) is 78.0 Å². The highest BCUT2D eigenvalue weighted by atomic mass is 16.5. The van der Waals surface area contributed by atoms with Crippen molar-refractivity contribution in [2.24, 2.45) is 35.5 Å². The molecule has 7 heteroatoms. The van der Waals surface area contributed by atoms with E-state index in [4.69, 9.17) is 4.74 Å². The van der Waals surface area contributed by atoms with Crippen LogP contribution in [-0.4, -0.2) is 45.1 Å². The molecule has 4 rings (SSSR count). The minimum Gasteiger partial charge on any atom is -0.507 e. The second-order valence-corrected chi connectivity index (χ2v) is 24.1. The van der Waals surface area contributed by atoms with Gasteiger partial charge in [-0.15, -0.1) is 0 Å². The number of Topliss-reactive ketones (excluding diaryl/α,β-unsaturated/α-hetero) is 1. The number of carbonyl (C=O) groups excluding carboxylic acids is 2. The molecule has 400 valence electrons. The molecule has 1 fully saturated rings. The Balaban J connectivity index is 0.000000427. The van der Waals surface area contributed by atoms with E-state index in [1.54, 1.807) is 26.8 Å². The molecule has 70 heavy (non-hydrogen) atoms. The third-order valence-corrected chi connectivity index (χ3v) is 16.0. The van der Waals surface area contributed by atoms with E-state index in [1.807, 2.05) is 27.7 Å². The van der Waals surface area contributed by atoms with Gasteiger partial charge in [-0.05, 0) is 171 Å². The number of allylic oxidation sites excluding steroid dienone is 2. The minimum absolute atomic E-state index is 0.0149. The van der Waals surface area contributed by atoms with Crippen LogP contribution in [0, 0.1) is 77.0 Å². The molecule has 2 aliphatic heterocycles. The molecule has 0 bridgehead atoms. The summed E-state index contributed by atoms with van der Waals surface area (Å²) in [5.74, 6) is 5.62. The van der Waals surface area contributed by atoms with Gasteiger partial charge in [-0.2, -0.15) is 0 Å². The van der Waals surface area contributed by atoms with E-state index < -0.39 is 5.60 Å². The Bertz CT molecular complexity index is 1910. The summed E-state index contributed by atoms with van der Waals surface area (Å²) in [6, 6.07) is 0.796. The Morgan fingerprint density at radius 2 is 1.06 bits per heavy atom. The van der Waals surface area contributed by atoms with Gasteiger partial charge in [0.25, 0.3) is 0 Å². The van der Waals surface area contributed by atoms with E-state index in [1.165, 1.54) is 109 Å². The molecular weight excluding hydrogens is 867 g/mol. The van der Waals surface area contributed by atoms with Gasteiger partial charge in [-0.3, -0.25) is 9.59 Å². The third-order valence-electron chi connectivity index (χ3n) is 16.0. The summed E-state index contributed by atoms with van der Waals surface area (Å²) in [6.45, 7) is 37.1. The van der Waals surface area contributed by atoms with Gasteiger partial charge < -0.3 is 25.4 Å². The molecule has 0 radical (unpaired) electrons. The van der Waals surface area contributed by atoms with E-state index in [0.29, 0.717) is 45.9 Å². The fourth-order valence-electron chi connectivity index (χ4n) is 10.6. The minimum atomic E-state index is -0.449. The Morgan fingerprint density at radius 1 is 0.629 bits per heavy atom. The van der Waals surface area contributed by atoms with Gasteiger partial charge in [-0.25, -0.2) is 0 Å². The number of hydrogen-bond donors (Lipinski definition) is 4. The first-order chi connectivity index (χ1) is 32.8. The molecule has 2 aliphatic rings. The Morgan fingerprint density at radius 3 is 1.50 bits per heavy atom. The number of benzene rings is 2. The van der Waals surface area contributed by atoms with Crippen LogP contribution in [0.15, 0.2) is 11.6 Å². The first-order valence-electron chi connectivity index (χ1n) is 28.3. The zero-order valence-corrected chi connectivity index (χ0v) is 48.2. The maximum absolute atomic E-state index is 13.0. The van der Waals surface area contributed by atoms with Gasteiger partial charge in [0, 0.05) is 17.2 Å². The molecule has 0 aromatic heterocycles. The molecular formula is C63H107NO6. The van der Waals surface area contributed by atoms with E-state index >= 15 is 0 Å². The highest BCUT2D eigenvalue weighted by Gasteiger charge is 2.39. The van der Waals surface area contributed by atoms with Crippen molar-refractivity contribution in [1.29, 1.82) is 0 Å². The largest absolute Gasteiger partial charge is 0.507 e. The van der Waals surface area contributed by atoms with Crippen molar-refractivity contribution in [1.82, 2.24) is 5.32 Å². The lowest BCUT2D eigenvalue weighted by molar-refractivity contribution is 0.0438. The number of phenolic OH excluding ortho intramolecular Hbond substituents is 3. The topological polar surface area (TPSA) is 116 Å². The highest BCUT2D eigenvalue weighted by Crippen LogP contribution is 2.45. The quantitative estimate of drug-likeness (QED) is 0.0421. The van der Waals surface area contributed by atoms with Crippen LogP contribution in [0.5, 0.6) is 23.0 Å². The summed E-state index contributed by atoms with van der Waals surface area (Å²) in [7, 11) is 0. The number of phenols is 3. The van der Waals surface area contributed by atoms with E-state index in [2.05, 4.69) is 74.6 Å². The molecule has 7 nitrogen and oxygen atoms in total. The van der Waals surface area contributed by atoms with Crippen molar-refractivity contribution >= 4 is 11.6 Å². The summed E-state index contributed by atoms with van der Waals surface area (Å²) in [5.41, 5.74) is 5.37. The van der Waals surface area contributed by atoms with E-state index in [9.17, 15) is 24.9 Å². The van der Waals surface area contributed by atoms with Crippen LogP contribution >= 0.6 is 0 Å². The summed E-state index contributed by atoms with van der Waals surface area (Å²) in [5, 5.41) is 34.4. The van der Waals surface area contributed by atoms with Gasteiger partial charge in [0.05, 0.1) is 17.5 Å². The number of rotatable bonds is 26. The van der Waals surface area contributed by atoms with Gasteiger partial charge in [0.2, 0.25) is 0 Å². The molecule has 4 N–H and O–H groups in total. The predicted molar refractivity (Wildman–Crippen MR) is 299 cm³/mol. The maximum Gasteiger partial charge on any atom is 0.189 e. The van der Waals surface area contributed by atoms with Gasteiger partial charge in [0.15, 0.2) is 11.6 Å². The Kier molecular flexibility index (Phi) is 28.1. The monoisotopic (exact) mass is 974 g/mol. The number of nitrogens with one attached hydrogen (secondary N) is 1. The van der Waals surface area contributed by atoms with Crippen LogP contribution < -0.4 is 10.1 Å². The molecule has 4 unspecified atom stereocenters. The maximum atomic E-state index is 13.0.